The second kappa shape index (κ2) is 8.61. The third-order valence-electron chi connectivity index (χ3n) is 3.32. The molecular weight excluding hydrogens is 339 g/mol. The quantitative estimate of drug-likeness (QED) is 0.661. The number of nitrogens with one attached hydrogen (secondary N) is 4. The minimum Gasteiger partial charge on any atom is -0.326 e. The molecule has 0 aromatic heterocycles. The number of amides is 4. The Morgan fingerprint density at radius 1 is 0.923 bits per heavy atom. The van der Waals surface area contributed by atoms with E-state index in [0.717, 1.165) is 6.07 Å². The lowest BCUT2D eigenvalue weighted by molar-refractivity contribution is -0.117. The molecule has 0 bridgehead atoms. The van der Waals surface area contributed by atoms with Crippen molar-refractivity contribution in [3.05, 3.63) is 54.3 Å². The van der Waals surface area contributed by atoms with Gasteiger partial charge in [0.2, 0.25) is 11.8 Å². The lowest BCUT2D eigenvalue weighted by Crippen LogP contribution is -2.43. The summed E-state index contributed by atoms with van der Waals surface area (Å²) in [6.45, 7) is 2.79. The predicted molar refractivity (Wildman–Crippen MR) is 97.4 cm³/mol. The number of hydrogen-bond acceptors (Lipinski definition) is 3. The summed E-state index contributed by atoms with van der Waals surface area (Å²) in [5.41, 5.74) is 0.821. The predicted octanol–water partition coefficient (Wildman–Crippen LogP) is 2.93. The van der Waals surface area contributed by atoms with Crippen LogP contribution in [0.3, 0.4) is 0 Å². The Morgan fingerprint density at radius 2 is 1.62 bits per heavy atom. The average molecular weight is 358 g/mol. The minimum absolute atomic E-state index is 0.0987. The highest BCUT2D eigenvalue weighted by Crippen LogP contribution is 2.20. The summed E-state index contributed by atoms with van der Waals surface area (Å²) in [7, 11) is 0. The number of anilines is 3. The Bertz CT molecular complexity index is 811. The summed E-state index contributed by atoms with van der Waals surface area (Å²) >= 11 is 0. The first-order valence-corrected chi connectivity index (χ1v) is 7.85. The number of urea groups is 1. The van der Waals surface area contributed by atoms with Crippen LogP contribution in [0.5, 0.6) is 0 Å². The molecule has 2 aromatic rings. The lowest BCUT2D eigenvalue weighted by Gasteiger charge is -2.15. The molecule has 4 amide bonds. The van der Waals surface area contributed by atoms with Gasteiger partial charge in [-0.2, -0.15) is 0 Å². The van der Waals surface area contributed by atoms with E-state index in [9.17, 15) is 18.8 Å². The average Bonchev–Trinajstić information content (AvgIpc) is 2.58. The van der Waals surface area contributed by atoms with Gasteiger partial charge in [-0.25, -0.2) is 9.18 Å². The van der Waals surface area contributed by atoms with Crippen LogP contribution < -0.4 is 21.3 Å². The van der Waals surface area contributed by atoms with Gasteiger partial charge in [-0.15, -0.1) is 0 Å². The van der Waals surface area contributed by atoms with Gasteiger partial charge in [0.05, 0.1) is 5.69 Å². The maximum absolute atomic E-state index is 13.9. The Hall–Kier alpha value is -3.42. The zero-order valence-corrected chi connectivity index (χ0v) is 14.3. The van der Waals surface area contributed by atoms with Gasteiger partial charge in [0, 0.05) is 18.3 Å². The fourth-order valence-electron chi connectivity index (χ4n) is 2.09. The lowest BCUT2D eigenvalue weighted by atomic mass is 10.2. The SMILES string of the molecule is CC(=O)Nc1ccc(F)c(NC(=O)C(C)NC(=O)Nc2ccccc2)c1. The molecule has 2 rings (SSSR count). The van der Waals surface area contributed by atoms with Crippen molar-refractivity contribution in [1.82, 2.24) is 5.32 Å². The molecule has 7 nitrogen and oxygen atoms in total. The number of rotatable bonds is 5. The van der Waals surface area contributed by atoms with Crippen LogP contribution in [0.25, 0.3) is 0 Å². The van der Waals surface area contributed by atoms with Crippen LogP contribution in [0.1, 0.15) is 13.8 Å². The minimum atomic E-state index is -0.914. The number of carbonyl (C=O) groups is 3. The fourth-order valence-corrected chi connectivity index (χ4v) is 2.09. The van der Waals surface area contributed by atoms with E-state index in [1.54, 1.807) is 24.3 Å². The van der Waals surface area contributed by atoms with Crippen LogP contribution in [-0.2, 0) is 9.59 Å². The number of benzene rings is 2. The van der Waals surface area contributed by atoms with Crippen LogP contribution >= 0.6 is 0 Å². The molecule has 1 unspecified atom stereocenters. The molecule has 0 aliphatic carbocycles. The smallest absolute Gasteiger partial charge is 0.319 e. The van der Waals surface area contributed by atoms with Gasteiger partial charge in [-0.05, 0) is 37.3 Å². The van der Waals surface area contributed by atoms with Crippen molar-refractivity contribution in [3.8, 4) is 0 Å². The standard InChI is InChI=1S/C18H19FN4O3/c1-11(20-18(26)22-13-6-4-3-5-7-13)17(25)23-16-10-14(21-12(2)24)8-9-15(16)19/h3-11H,1-2H3,(H,21,24)(H,23,25)(H2,20,22,26). The molecule has 0 saturated carbocycles. The maximum Gasteiger partial charge on any atom is 0.319 e. The van der Waals surface area contributed by atoms with Gasteiger partial charge in [0.25, 0.3) is 0 Å². The monoisotopic (exact) mass is 358 g/mol. The van der Waals surface area contributed by atoms with Gasteiger partial charge in [-0.3, -0.25) is 9.59 Å². The van der Waals surface area contributed by atoms with Crippen molar-refractivity contribution in [1.29, 1.82) is 0 Å². The third-order valence-corrected chi connectivity index (χ3v) is 3.32. The highest BCUT2D eigenvalue weighted by Gasteiger charge is 2.17. The number of halogens is 1. The largest absolute Gasteiger partial charge is 0.326 e. The molecule has 1 atom stereocenters. The Balaban J connectivity index is 1.96. The van der Waals surface area contributed by atoms with Crippen molar-refractivity contribution in [2.24, 2.45) is 0 Å². The topological polar surface area (TPSA) is 99.3 Å². The first-order chi connectivity index (χ1) is 12.3. The van der Waals surface area contributed by atoms with Crippen molar-refractivity contribution < 1.29 is 18.8 Å². The first-order valence-electron chi connectivity index (χ1n) is 7.85. The summed E-state index contributed by atoms with van der Waals surface area (Å²) in [4.78, 5) is 35.1. The summed E-state index contributed by atoms with van der Waals surface area (Å²) in [5, 5.41) is 9.93. The summed E-state index contributed by atoms with van der Waals surface area (Å²) in [6, 6.07) is 11.1. The molecule has 0 radical (unpaired) electrons. The molecular formula is C18H19FN4O3. The second-order valence-electron chi connectivity index (χ2n) is 5.55. The summed E-state index contributed by atoms with van der Waals surface area (Å²) in [6.07, 6.45) is 0. The van der Waals surface area contributed by atoms with E-state index in [2.05, 4.69) is 21.3 Å². The molecule has 0 spiro atoms. The molecule has 136 valence electrons. The van der Waals surface area contributed by atoms with Crippen molar-refractivity contribution in [3.63, 3.8) is 0 Å². The number of hydrogen-bond donors (Lipinski definition) is 4. The first kappa shape index (κ1) is 18.9. The Kier molecular flexibility index (Phi) is 6.26. The van der Waals surface area contributed by atoms with Crippen LogP contribution in [0.15, 0.2) is 48.5 Å². The van der Waals surface area contributed by atoms with Gasteiger partial charge in [0.1, 0.15) is 11.9 Å². The van der Waals surface area contributed by atoms with E-state index in [0.29, 0.717) is 11.4 Å². The van der Waals surface area contributed by atoms with Crippen LogP contribution in [-0.4, -0.2) is 23.9 Å². The van der Waals surface area contributed by atoms with E-state index in [1.807, 2.05) is 6.07 Å². The Labute approximate surface area is 150 Å². The second-order valence-corrected chi connectivity index (χ2v) is 5.55. The third kappa shape index (κ3) is 5.59. The van der Waals surface area contributed by atoms with Gasteiger partial charge >= 0.3 is 6.03 Å². The molecule has 2 aromatic carbocycles. The van der Waals surface area contributed by atoms with Crippen molar-refractivity contribution >= 4 is 34.9 Å². The molecule has 0 aliphatic rings. The molecule has 0 fully saturated rings. The molecule has 0 saturated heterocycles. The van der Waals surface area contributed by atoms with Crippen molar-refractivity contribution in [2.45, 2.75) is 19.9 Å². The van der Waals surface area contributed by atoms with Crippen LogP contribution in [0, 0.1) is 5.82 Å². The zero-order valence-electron chi connectivity index (χ0n) is 14.3. The Morgan fingerprint density at radius 3 is 2.27 bits per heavy atom. The summed E-state index contributed by atoms with van der Waals surface area (Å²) in [5.74, 6) is -1.58. The van der Waals surface area contributed by atoms with Crippen molar-refractivity contribution in [2.75, 3.05) is 16.0 Å². The molecule has 4 N–H and O–H groups in total. The van der Waals surface area contributed by atoms with E-state index >= 15 is 0 Å². The highest BCUT2D eigenvalue weighted by atomic mass is 19.1. The van der Waals surface area contributed by atoms with E-state index in [1.165, 1.54) is 26.0 Å². The van der Waals surface area contributed by atoms with E-state index < -0.39 is 23.8 Å². The van der Waals surface area contributed by atoms with Crippen LogP contribution in [0.2, 0.25) is 0 Å². The molecule has 0 heterocycles. The summed E-state index contributed by atoms with van der Waals surface area (Å²) < 4.78 is 13.9. The fraction of sp³-hybridized carbons (Fsp3) is 0.167. The van der Waals surface area contributed by atoms with Crippen LogP contribution in [0.4, 0.5) is 26.2 Å². The highest BCUT2D eigenvalue weighted by molar-refractivity contribution is 5.99. The maximum atomic E-state index is 13.9. The molecule has 8 heteroatoms. The van der Waals surface area contributed by atoms with Gasteiger partial charge < -0.3 is 21.3 Å². The number of carbonyl (C=O) groups excluding carboxylic acids is 3. The molecule has 0 aliphatic heterocycles. The van der Waals surface area contributed by atoms with Gasteiger partial charge in [-0.1, -0.05) is 18.2 Å². The van der Waals surface area contributed by atoms with E-state index in [4.69, 9.17) is 0 Å². The zero-order chi connectivity index (χ0) is 19.1. The number of para-hydroxylation sites is 1. The molecule has 26 heavy (non-hydrogen) atoms. The normalized spacial score (nSPS) is 11.2. The van der Waals surface area contributed by atoms with Gasteiger partial charge in [0.15, 0.2) is 0 Å². The van der Waals surface area contributed by atoms with E-state index in [-0.39, 0.29) is 11.6 Å².